The highest BCUT2D eigenvalue weighted by molar-refractivity contribution is 5.51. The summed E-state index contributed by atoms with van der Waals surface area (Å²) in [6.45, 7) is 3.80. The first kappa shape index (κ1) is 8.80. The lowest BCUT2D eigenvalue weighted by molar-refractivity contribution is 0.186. The number of hydrogen-bond acceptors (Lipinski definition) is 3. The van der Waals surface area contributed by atoms with Crippen molar-refractivity contribution in [3.63, 3.8) is 0 Å². The van der Waals surface area contributed by atoms with E-state index in [0.29, 0.717) is 11.5 Å². The fraction of sp³-hybridized carbons (Fsp3) is 0.333. The molecule has 0 aromatic heterocycles. The third-order valence-corrected chi connectivity index (χ3v) is 2.11. The van der Waals surface area contributed by atoms with Crippen LogP contribution in [0.5, 0.6) is 0 Å². The first-order valence-corrected chi connectivity index (χ1v) is 4.40. The molecule has 0 saturated carbocycles. The molecule has 0 fully saturated rings. The van der Waals surface area contributed by atoms with Gasteiger partial charge in [0.15, 0.2) is 5.82 Å². The van der Waals surface area contributed by atoms with Crippen LogP contribution in [0, 0.1) is 0 Å². The Morgan fingerprint density at radius 2 is 2.21 bits per heavy atom. The number of hydrogen-bond donors (Lipinski definition) is 1. The minimum Gasteiger partial charge on any atom is -0.427 e. The molecule has 74 valence electrons. The lowest BCUT2D eigenvalue weighted by atomic mass is 10.3. The van der Waals surface area contributed by atoms with Gasteiger partial charge in [-0.1, -0.05) is 0 Å². The van der Waals surface area contributed by atoms with Crippen molar-refractivity contribution in [1.29, 1.82) is 0 Å². The van der Waals surface area contributed by atoms with E-state index in [1.165, 1.54) is 6.20 Å². The molecule has 0 bridgehead atoms. The van der Waals surface area contributed by atoms with E-state index in [0.717, 1.165) is 4.73 Å². The first-order valence-electron chi connectivity index (χ1n) is 4.40. The van der Waals surface area contributed by atoms with E-state index in [1.807, 2.05) is 13.8 Å². The van der Waals surface area contributed by atoms with Gasteiger partial charge in [0.05, 0.1) is 5.69 Å². The minimum absolute atomic E-state index is 0.0369. The summed E-state index contributed by atoms with van der Waals surface area (Å²) in [6.07, 6.45) is 1.44. The van der Waals surface area contributed by atoms with Crippen LogP contribution in [0.2, 0.25) is 0 Å². The topological polar surface area (TPSA) is 60.1 Å². The van der Waals surface area contributed by atoms with Crippen LogP contribution >= 0.6 is 0 Å². The SMILES string of the molecule is CC(C)n1c2cccn(O)c-2nc1=O. The maximum absolute atomic E-state index is 11.5. The average molecular weight is 193 g/mol. The van der Waals surface area contributed by atoms with Crippen LogP contribution in [0.1, 0.15) is 19.9 Å². The average Bonchev–Trinajstić information content (AvgIpc) is 2.42. The molecule has 2 aliphatic rings. The molecule has 0 aromatic rings. The van der Waals surface area contributed by atoms with Gasteiger partial charge in [0.1, 0.15) is 0 Å². The zero-order valence-electron chi connectivity index (χ0n) is 8.01. The van der Waals surface area contributed by atoms with Crippen LogP contribution in [0.15, 0.2) is 23.1 Å². The summed E-state index contributed by atoms with van der Waals surface area (Å²) in [5.41, 5.74) is 0.319. The number of nitrogens with zero attached hydrogens (tertiary/aromatic N) is 3. The Bertz CT molecular complexity index is 484. The van der Waals surface area contributed by atoms with Crippen molar-refractivity contribution in [3.8, 4) is 11.5 Å². The standard InChI is InChI=1S/C9H11N3O2/c1-6(2)12-7-4-3-5-11(14)8(7)10-9(12)13/h3-6,14H,1-2H3. The van der Waals surface area contributed by atoms with Gasteiger partial charge in [0, 0.05) is 12.2 Å². The van der Waals surface area contributed by atoms with Crippen molar-refractivity contribution in [2.75, 3.05) is 0 Å². The van der Waals surface area contributed by atoms with Gasteiger partial charge < -0.3 is 5.21 Å². The number of pyridine rings is 1. The van der Waals surface area contributed by atoms with E-state index in [1.54, 1.807) is 16.7 Å². The molecule has 2 aliphatic heterocycles. The largest absolute Gasteiger partial charge is 0.427 e. The van der Waals surface area contributed by atoms with E-state index < -0.39 is 0 Å². The summed E-state index contributed by atoms with van der Waals surface area (Å²) >= 11 is 0. The first-order chi connectivity index (χ1) is 6.61. The Balaban J connectivity index is 2.80. The highest BCUT2D eigenvalue weighted by atomic mass is 16.5. The molecular weight excluding hydrogens is 182 g/mol. The quantitative estimate of drug-likeness (QED) is 0.686. The number of fused-ring (bicyclic) bond motifs is 1. The van der Waals surface area contributed by atoms with Crippen molar-refractivity contribution >= 4 is 0 Å². The molecular formula is C9H11N3O2. The summed E-state index contributed by atoms with van der Waals surface area (Å²) in [5, 5.41) is 9.39. The zero-order chi connectivity index (χ0) is 10.3. The van der Waals surface area contributed by atoms with Crippen LogP contribution in [0.3, 0.4) is 0 Å². The van der Waals surface area contributed by atoms with Gasteiger partial charge >= 0.3 is 5.69 Å². The van der Waals surface area contributed by atoms with Gasteiger partial charge in [0.25, 0.3) is 0 Å². The molecule has 0 unspecified atom stereocenters. The highest BCUT2D eigenvalue weighted by Gasteiger charge is 2.18. The molecule has 0 aromatic carbocycles. The van der Waals surface area contributed by atoms with E-state index >= 15 is 0 Å². The van der Waals surface area contributed by atoms with Crippen molar-refractivity contribution in [2.45, 2.75) is 19.9 Å². The van der Waals surface area contributed by atoms with Crippen molar-refractivity contribution < 1.29 is 5.21 Å². The number of imidazole rings is 1. The van der Waals surface area contributed by atoms with Crippen LogP contribution in [-0.4, -0.2) is 19.5 Å². The van der Waals surface area contributed by atoms with Gasteiger partial charge in [-0.3, -0.25) is 4.57 Å². The molecule has 0 radical (unpaired) electrons. The van der Waals surface area contributed by atoms with Crippen LogP contribution in [0.25, 0.3) is 11.5 Å². The molecule has 2 heterocycles. The second-order valence-corrected chi connectivity index (χ2v) is 3.42. The molecule has 0 atom stereocenters. The predicted octanol–water partition coefficient (Wildman–Crippen LogP) is 0.968. The molecule has 0 aliphatic carbocycles. The normalized spacial score (nSPS) is 11.4. The number of aromatic nitrogens is 3. The summed E-state index contributed by atoms with van der Waals surface area (Å²) < 4.78 is 2.40. The molecule has 14 heavy (non-hydrogen) atoms. The van der Waals surface area contributed by atoms with E-state index in [-0.39, 0.29) is 11.7 Å². The highest BCUT2D eigenvalue weighted by Crippen LogP contribution is 2.19. The Labute approximate surface area is 80.5 Å². The fourth-order valence-corrected chi connectivity index (χ4v) is 1.52. The van der Waals surface area contributed by atoms with Gasteiger partial charge in [-0.2, -0.15) is 9.71 Å². The molecule has 0 saturated heterocycles. The van der Waals surface area contributed by atoms with Gasteiger partial charge in [-0.15, -0.1) is 0 Å². The van der Waals surface area contributed by atoms with E-state index in [4.69, 9.17) is 0 Å². The lowest BCUT2D eigenvalue weighted by Gasteiger charge is -2.09. The van der Waals surface area contributed by atoms with E-state index in [2.05, 4.69) is 4.98 Å². The lowest BCUT2D eigenvalue weighted by Crippen LogP contribution is -2.18. The van der Waals surface area contributed by atoms with Crippen molar-refractivity contribution in [3.05, 3.63) is 28.8 Å². The smallest absolute Gasteiger partial charge is 0.350 e. The second kappa shape index (κ2) is 2.87. The summed E-state index contributed by atoms with van der Waals surface area (Å²) in [6, 6.07) is 3.47. The maximum atomic E-state index is 11.5. The Hall–Kier alpha value is -1.78. The summed E-state index contributed by atoms with van der Waals surface area (Å²) in [7, 11) is 0. The van der Waals surface area contributed by atoms with Crippen molar-refractivity contribution in [1.82, 2.24) is 14.3 Å². The Morgan fingerprint density at radius 3 is 2.86 bits per heavy atom. The second-order valence-electron chi connectivity index (χ2n) is 3.42. The Kier molecular flexibility index (Phi) is 1.80. The van der Waals surface area contributed by atoms with Gasteiger partial charge in [-0.05, 0) is 26.0 Å². The molecule has 0 amide bonds. The molecule has 0 spiro atoms. The van der Waals surface area contributed by atoms with Crippen LogP contribution in [-0.2, 0) is 0 Å². The van der Waals surface area contributed by atoms with E-state index in [9.17, 15) is 10.0 Å². The fourth-order valence-electron chi connectivity index (χ4n) is 1.52. The summed E-state index contributed by atoms with van der Waals surface area (Å²) in [5.74, 6) is 0.297. The summed E-state index contributed by atoms with van der Waals surface area (Å²) in [4.78, 5) is 15.2. The monoisotopic (exact) mass is 193 g/mol. The molecule has 1 N–H and O–H groups in total. The van der Waals surface area contributed by atoms with Crippen LogP contribution in [0.4, 0.5) is 0 Å². The number of rotatable bonds is 1. The van der Waals surface area contributed by atoms with Crippen LogP contribution < -0.4 is 5.69 Å². The maximum Gasteiger partial charge on any atom is 0.350 e. The zero-order valence-corrected chi connectivity index (χ0v) is 8.01. The van der Waals surface area contributed by atoms with Gasteiger partial charge in [0.2, 0.25) is 0 Å². The third-order valence-electron chi connectivity index (χ3n) is 2.11. The molecule has 5 heteroatoms. The molecule has 5 nitrogen and oxygen atoms in total. The molecule has 2 rings (SSSR count). The minimum atomic E-state index is -0.330. The third kappa shape index (κ3) is 1.09. The van der Waals surface area contributed by atoms with Gasteiger partial charge in [-0.25, -0.2) is 4.79 Å². The Morgan fingerprint density at radius 1 is 1.50 bits per heavy atom. The predicted molar refractivity (Wildman–Crippen MR) is 50.7 cm³/mol. The van der Waals surface area contributed by atoms with Crippen molar-refractivity contribution in [2.24, 2.45) is 0 Å².